The lowest BCUT2D eigenvalue weighted by Crippen LogP contribution is -2.41. The molecule has 1 aliphatic rings. The number of nitrogens with two attached hydrogens (primary N) is 1. The largest absolute Gasteiger partial charge is 0.481 e. The maximum absolute atomic E-state index is 12.1. The summed E-state index contributed by atoms with van der Waals surface area (Å²) in [7, 11) is -3.89. The summed E-state index contributed by atoms with van der Waals surface area (Å²) < 4.78 is 23.2. The number of primary sulfonamides is 1. The topological polar surface area (TPSA) is 127 Å². The van der Waals surface area contributed by atoms with Crippen molar-refractivity contribution in [3.8, 4) is 0 Å². The van der Waals surface area contributed by atoms with Gasteiger partial charge in [0.1, 0.15) is 0 Å². The molecule has 1 fully saturated rings. The third kappa shape index (κ3) is 3.70. The van der Waals surface area contributed by atoms with Gasteiger partial charge in [0.2, 0.25) is 15.9 Å². The fraction of sp³-hybridized carbons (Fsp3) is 0.467. The van der Waals surface area contributed by atoms with Crippen molar-refractivity contribution in [2.75, 3.05) is 5.32 Å². The Balaban J connectivity index is 2.17. The number of carboxylic acids is 1. The van der Waals surface area contributed by atoms with Crippen LogP contribution in [0.3, 0.4) is 0 Å². The van der Waals surface area contributed by atoms with Crippen LogP contribution in [-0.4, -0.2) is 25.4 Å². The number of aliphatic carboxylic acids is 1. The van der Waals surface area contributed by atoms with E-state index < -0.39 is 27.3 Å². The molecule has 7 nitrogen and oxygen atoms in total. The first-order chi connectivity index (χ1) is 10.7. The minimum Gasteiger partial charge on any atom is -0.481 e. The van der Waals surface area contributed by atoms with Gasteiger partial charge in [-0.15, -0.1) is 0 Å². The Labute approximate surface area is 134 Å². The van der Waals surface area contributed by atoms with Crippen molar-refractivity contribution in [2.24, 2.45) is 10.6 Å². The van der Waals surface area contributed by atoms with Gasteiger partial charge < -0.3 is 10.4 Å². The van der Waals surface area contributed by atoms with Crippen LogP contribution in [0.1, 0.15) is 38.2 Å². The van der Waals surface area contributed by atoms with E-state index in [9.17, 15) is 23.1 Å². The van der Waals surface area contributed by atoms with Gasteiger partial charge in [0.25, 0.3) is 0 Å². The quantitative estimate of drug-likeness (QED) is 0.723. The molecule has 1 saturated carbocycles. The molecule has 1 aromatic rings. The molecule has 0 heterocycles. The number of aryl methyl sites for hydroxylation is 1. The first kappa shape index (κ1) is 17.4. The summed E-state index contributed by atoms with van der Waals surface area (Å²) in [5.74, 6) is -1.41. The van der Waals surface area contributed by atoms with Crippen molar-refractivity contribution in [3.05, 3.63) is 23.8 Å². The number of nitrogens with one attached hydrogen (secondary N) is 1. The predicted molar refractivity (Wildman–Crippen MR) is 84.4 cm³/mol. The van der Waals surface area contributed by atoms with E-state index in [1.807, 2.05) is 0 Å². The summed E-state index contributed by atoms with van der Waals surface area (Å²) in [5, 5.41) is 17.0. The van der Waals surface area contributed by atoms with Gasteiger partial charge in [-0.1, -0.05) is 19.4 Å². The van der Waals surface area contributed by atoms with Crippen molar-refractivity contribution in [1.29, 1.82) is 0 Å². The van der Waals surface area contributed by atoms with Crippen molar-refractivity contribution in [2.45, 2.75) is 43.9 Å². The number of carbonyl (C=O) groups excluding carboxylic acids is 1. The first-order valence-electron chi connectivity index (χ1n) is 7.37. The number of sulfonamides is 1. The van der Waals surface area contributed by atoms with E-state index in [0.717, 1.165) is 6.42 Å². The standard InChI is InChI=1S/C15H20N2O5S/c1-2-10-4-5-11(8-12(10)23(16,21)22)17-13(18)9-15(14(19)20)6-3-7-15/h4-5,8H,2-3,6-7,9H2,1H3,(H,17,18)(H,19,20)(H2,16,21,22). The van der Waals surface area contributed by atoms with E-state index in [1.165, 1.54) is 6.07 Å². The molecule has 126 valence electrons. The highest BCUT2D eigenvalue weighted by atomic mass is 32.2. The van der Waals surface area contributed by atoms with Crippen molar-refractivity contribution in [1.82, 2.24) is 0 Å². The van der Waals surface area contributed by atoms with E-state index in [4.69, 9.17) is 5.14 Å². The maximum Gasteiger partial charge on any atom is 0.310 e. The molecule has 0 atom stereocenters. The summed E-state index contributed by atoms with van der Waals surface area (Å²) >= 11 is 0. The molecule has 0 aromatic heterocycles. The molecule has 8 heteroatoms. The van der Waals surface area contributed by atoms with E-state index in [-0.39, 0.29) is 17.0 Å². The van der Waals surface area contributed by atoms with E-state index in [0.29, 0.717) is 24.8 Å². The third-order valence-corrected chi connectivity index (χ3v) is 5.29. The molecule has 1 aliphatic carbocycles. The number of benzene rings is 1. The van der Waals surface area contributed by atoms with Crippen LogP contribution in [0.4, 0.5) is 5.69 Å². The number of hydrogen-bond donors (Lipinski definition) is 3. The van der Waals surface area contributed by atoms with Crippen molar-refractivity contribution >= 4 is 27.6 Å². The minimum atomic E-state index is -3.89. The molecule has 23 heavy (non-hydrogen) atoms. The predicted octanol–water partition coefficient (Wildman–Crippen LogP) is 1.48. The van der Waals surface area contributed by atoms with Crippen LogP contribution in [0.2, 0.25) is 0 Å². The molecule has 1 amide bonds. The highest BCUT2D eigenvalue weighted by Gasteiger charge is 2.45. The Morgan fingerprint density at radius 2 is 2.00 bits per heavy atom. The summed E-state index contributed by atoms with van der Waals surface area (Å²) in [6.07, 6.45) is 2.12. The molecule has 1 aromatic carbocycles. The molecule has 0 aliphatic heterocycles. The van der Waals surface area contributed by atoms with Gasteiger partial charge in [-0.2, -0.15) is 0 Å². The molecule has 0 spiro atoms. The molecule has 4 N–H and O–H groups in total. The lowest BCUT2D eigenvalue weighted by Gasteiger charge is -2.36. The summed E-state index contributed by atoms with van der Waals surface area (Å²) in [4.78, 5) is 23.3. The minimum absolute atomic E-state index is 0.0330. The van der Waals surface area contributed by atoms with Gasteiger partial charge in [-0.25, -0.2) is 13.6 Å². The zero-order chi connectivity index (χ0) is 17.3. The molecular weight excluding hydrogens is 320 g/mol. The highest BCUT2D eigenvalue weighted by molar-refractivity contribution is 7.89. The average Bonchev–Trinajstić information content (AvgIpc) is 2.41. The van der Waals surface area contributed by atoms with Crippen LogP contribution in [0.15, 0.2) is 23.1 Å². The summed E-state index contributed by atoms with van der Waals surface area (Å²) in [5.41, 5.74) is -0.140. The van der Waals surface area contributed by atoms with Crippen LogP contribution in [0.25, 0.3) is 0 Å². The monoisotopic (exact) mass is 340 g/mol. The second-order valence-corrected chi connectivity index (χ2v) is 7.41. The number of carbonyl (C=O) groups is 2. The van der Waals surface area contributed by atoms with Gasteiger partial charge in [0.15, 0.2) is 0 Å². The Hall–Kier alpha value is -1.93. The molecular formula is C15H20N2O5S. The summed E-state index contributed by atoms with van der Waals surface area (Å²) in [6, 6.07) is 4.48. The second kappa shape index (κ2) is 6.29. The van der Waals surface area contributed by atoms with E-state index in [1.54, 1.807) is 19.1 Å². The van der Waals surface area contributed by atoms with Crippen LogP contribution < -0.4 is 10.5 Å². The fourth-order valence-electron chi connectivity index (χ4n) is 2.77. The Bertz CT molecular complexity index is 738. The lowest BCUT2D eigenvalue weighted by atomic mass is 9.66. The van der Waals surface area contributed by atoms with Crippen molar-refractivity contribution < 1.29 is 23.1 Å². The van der Waals surface area contributed by atoms with Gasteiger partial charge >= 0.3 is 5.97 Å². The van der Waals surface area contributed by atoms with Crippen LogP contribution in [0.5, 0.6) is 0 Å². The molecule has 2 rings (SSSR count). The van der Waals surface area contributed by atoms with Gasteiger partial charge in [0, 0.05) is 12.1 Å². The van der Waals surface area contributed by atoms with Crippen LogP contribution >= 0.6 is 0 Å². The Morgan fingerprint density at radius 1 is 1.35 bits per heavy atom. The molecule has 0 unspecified atom stereocenters. The smallest absolute Gasteiger partial charge is 0.310 e. The Kier molecular flexibility index (Phi) is 4.76. The average molecular weight is 340 g/mol. The molecule has 0 saturated heterocycles. The van der Waals surface area contributed by atoms with Crippen LogP contribution in [0, 0.1) is 5.41 Å². The number of rotatable bonds is 6. The number of carboxylic acid groups (broad SMARTS) is 1. The van der Waals surface area contributed by atoms with Gasteiger partial charge in [-0.05, 0) is 37.0 Å². The first-order valence-corrected chi connectivity index (χ1v) is 8.91. The van der Waals surface area contributed by atoms with Gasteiger partial charge in [0.05, 0.1) is 10.3 Å². The third-order valence-electron chi connectivity index (χ3n) is 4.30. The Morgan fingerprint density at radius 3 is 2.43 bits per heavy atom. The number of hydrogen-bond acceptors (Lipinski definition) is 4. The zero-order valence-corrected chi connectivity index (χ0v) is 13.6. The zero-order valence-electron chi connectivity index (χ0n) is 12.8. The van der Waals surface area contributed by atoms with Crippen molar-refractivity contribution in [3.63, 3.8) is 0 Å². The number of anilines is 1. The normalized spacial score (nSPS) is 16.4. The lowest BCUT2D eigenvalue weighted by molar-refractivity contribution is -0.157. The molecule has 0 bridgehead atoms. The van der Waals surface area contributed by atoms with Gasteiger partial charge in [-0.3, -0.25) is 9.59 Å². The number of amides is 1. The maximum atomic E-state index is 12.1. The SMILES string of the molecule is CCc1ccc(NC(=O)CC2(C(=O)O)CCC2)cc1S(N)(=O)=O. The molecule has 0 radical (unpaired) electrons. The second-order valence-electron chi connectivity index (χ2n) is 5.89. The van der Waals surface area contributed by atoms with Crippen LogP contribution in [-0.2, 0) is 26.0 Å². The summed E-state index contributed by atoms with van der Waals surface area (Å²) in [6.45, 7) is 1.80. The van der Waals surface area contributed by atoms with E-state index >= 15 is 0 Å². The highest BCUT2D eigenvalue weighted by Crippen LogP contribution is 2.44. The van der Waals surface area contributed by atoms with E-state index in [2.05, 4.69) is 5.32 Å². The fourth-order valence-corrected chi connectivity index (χ4v) is 3.64.